The Morgan fingerprint density at radius 2 is 2.16 bits per heavy atom. The van der Waals surface area contributed by atoms with E-state index in [4.69, 9.17) is 11.6 Å². The molecule has 1 aromatic heterocycles. The van der Waals surface area contributed by atoms with E-state index in [0.717, 1.165) is 18.2 Å². The van der Waals surface area contributed by atoms with Crippen molar-refractivity contribution in [1.82, 2.24) is 9.55 Å². The van der Waals surface area contributed by atoms with Gasteiger partial charge >= 0.3 is 0 Å². The Morgan fingerprint density at radius 3 is 2.74 bits per heavy atom. The summed E-state index contributed by atoms with van der Waals surface area (Å²) in [4.78, 5) is 4.30. The molecule has 0 saturated carbocycles. The van der Waals surface area contributed by atoms with Crippen molar-refractivity contribution in [1.29, 1.82) is 0 Å². The number of imidazole rings is 1. The van der Waals surface area contributed by atoms with Crippen LogP contribution in [0.3, 0.4) is 0 Å². The van der Waals surface area contributed by atoms with Gasteiger partial charge in [-0.3, -0.25) is 0 Å². The van der Waals surface area contributed by atoms with E-state index in [2.05, 4.69) is 4.98 Å². The lowest BCUT2D eigenvalue weighted by Gasteiger charge is -2.19. The van der Waals surface area contributed by atoms with Gasteiger partial charge in [0, 0.05) is 11.8 Å². The highest BCUT2D eigenvalue weighted by Gasteiger charge is 2.21. The van der Waals surface area contributed by atoms with Crippen molar-refractivity contribution in [2.24, 2.45) is 0 Å². The highest BCUT2D eigenvalue weighted by molar-refractivity contribution is 7.98. The van der Waals surface area contributed by atoms with E-state index in [9.17, 15) is 8.78 Å². The third-order valence-corrected chi connectivity index (χ3v) is 4.09. The van der Waals surface area contributed by atoms with Crippen LogP contribution in [-0.2, 0) is 5.88 Å². The molecule has 0 aliphatic carbocycles. The minimum Gasteiger partial charge on any atom is -0.321 e. The monoisotopic (exact) mass is 304 g/mol. The van der Waals surface area contributed by atoms with Gasteiger partial charge in [-0.2, -0.15) is 11.8 Å². The Bertz CT molecular complexity index is 586. The third-order valence-electron chi connectivity index (χ3n) is 3.13. The molecular formula is C13H15ClF2N2S. The Hall–Kier alpha value is -0.810. The molecule has 0 spiro atoms. The first kappa shape index (κ1) is 14.6. The van der Waals surface area contributed by atoms with Crippen molar-refractivity contribution in [2.75, 3.05) is 12.0 Å². The molecule has 1 aromatic carbocycles. The molecule has 0 radical (unpaired) electrons. The number of nitrogens with zero attached hydrogens (tertiary/aromatic N) is 2. The second-order valence-electron chi connectivity index (χ2n) is 4.28. The van der Waals surface area contributed by atoms with Crippen molar-refractivity contribution in [3.05, 3.63) is 29.6 Å². The van der Waals surface area contributed by atoms with Crippen molar-refractivity contribution < 1.29 is 8.78 Å². The minimum absolute atomic E-state index is 0.0602. The maximum absolute atomic E-state index is 14.1. The van der Waals surface area contributed by atoms with E-state index in [0.29, 0.717) is 11.3 Å². The molecule has 0 aliphatic heterocycles. The first-order valence-corrected chi connectivity index (χ1v) is 7.96. The van der Waals surface area contributed by atoms with Crippen LogP contribution in [0, 0.1) is 11.6 Å². The van der Waals surface area contributed by atoms with Gasteiger partial charge in [0.15, 0.2) is 11.6 Å². The Morgan fingerprint density at radius 1 is 1.42 bits per heavy atom. The Kier molecular flexibility index (Phi) is 4.68. The van der Waals surface area contributed by atoms with Crippen LogP contribution < -0.4 is 0 Å². The number of aromatic nitrogens is 2. The molecule has 104 valence electrons. The third kappa shape index (κ3) is 2.58. The predicted octanol–water partition coefficient (Wildman–Crippen LogP) is 4.37. The van der Waals surface area contributed by atoms with Gasteiger partial charge in [-0.1, -0.05) is 6.92 Å². The van der Waals surface area contributed by atoms with Crippen LogP contribution >= 0.6 is 23.4 Å². The second-order valence-corrected chi connectivity index (χ2v) is 5.46. The Labute approximate surface area is 120 Å². The van der Waals surface area contributed by atoms with Gasteiger partial charge < -0.3 is 4.57 Å². The number of halogens is 3. The van der Waals surface area contributed by atoms with Gasteiger partial charge in [0.1, 0.15) is 11.3 Å². The minimum atomic E-state index is -0.853. The average Bonchev–Trinajstić information content (AvgIpc) is 2.79. The topological polar surface area (TPSA) is 17.8 Å². The van der Waals surface area contributed by atoms with Gasteiger partial charge in [-0.05, 0) is 24.8 Å². The molecule has 0 aliphatic rings. The van der Waals surface area contributed by atoms with E-state index in [1.54, 1.807) is 16.3 Å². The molecule has 0 saturated heterocycles. The zero-order valence-corrected chi connectivity index (χ0v) is 12.4. The number of hydrogen-bond acceptors (Lipinski definition) is 2. The quantitative estimate of drug-likeness (QED) is 0.764. The number of benzene rings is 1. The number of thioether (sulfide) groups is 1. The molecule has 1 unspecified atom stereocenters. The molecule has 6 heteroatoms. The summed E-state index contributed by atoms with van der Waals surface area (Å²) in [5.41, 5.74) is 0.672. The van der Waals surface area contributed by atoms with Gasteiger partial charge in [0.25, 0.3) is 0 Å². The average molecular weight is 305 g/mol. The van der Waals surface area contributed by atoms with Crippen LogP contribution in [0.5, 0.6) is 0 Å². The number of hydrogen-bond donors (Lipinski definition) is 0. The fourth-order valence-corrected chi connectivity index (χ4v) is 3.18. The summed E-state index contributed by atoms with van der Waals surface area (Å²) in [5, 5.41) is 0. The largest absolute Gasteiger partial charge is 0.321 e. The second kappa shape index (κ2) is 6.09. The molecule has 0 amide bonds. The van der Waals surface area contributed by atoms with Crippen molar-refractivity contribution >= 4 is 34.4 Å². The molecule has 0 N–H and O–H groups in total. The van der Waals surface area contributed by atoms with Gasteiger partial charge in [0.05, 0.1) is 11.4 Å². The normalized spacial score (nSPS) is 13.1. The van der Waals surface area contributed by atoms with Crippen molar-refractivity contribution in [3.63, 3.8) is 0 Å². The van der Waals surface area contributed by atoms with Crippen LogP contribution in [0.1, 0.15) is 25.2 Å². The Balaban J connectivity index is 2.71. The lowest BCUT2D eigenvalue weighted by atomic mass is 10.2. The summed E-state index contributed by atoms with van der Waals surface area (Å²) in [6.45, 7) is 2.02. The maximum Gasteiger partial charge on any atom is 0.184 e. The fraction of sp³-hybridized carbons (Fsp3) is 0.462. The molecule has 19 heavy (non-hydrogen) atoms. The van der Waals surface area contributed by atoms with Crippen LogP contribution in [0.2, 0.25) is 0 Å². The van der Waals surface area contributed by atoms with E-state index in [1.807, 2.05) is 13.2 Å². The molecule has 2 aromatic rings. The highest BCUT2D eigenvalue weighted by atomic mass is 35.5. The van der Waals surface area contributed by atoms with Crippen LogP contribution in [0.15, 0.2) is 12.1 Å². The fourth-order valence-electron chi connectivity index (χ4n) is 2.23. The number of rotatable bonds is 5. The van der Waals surface area contributed by atoms with E-state index in [1.165, 1.54) is 6.07 Å². The molecular weight excluding hydrogens is 290 g/mol. The number of alkyl halides is 1. The summed E-state index contributed by atoms with van der Waals surface area (Å²) < 4.78 is 29.2. The summed E-state index contributed by atoms with van der Waals surface area (Å²) in [5.74, 6) is -0.126. The van der Waals surface area contributed by atoms with Crippen LogP contribution in [0.25, 0.3) is 11.0 Å². The zero-order valence-electron chi connectivity index (χ0n) is 10.8. The highest BCUT2D eigenvalue weighted by Crippen LogP contribution is 2.29. The summed E-state index contributed by atoms with van der Waals surface area (Å²) in [6, 6.07) is 2.65. The van der Waals surface area contributed by atoms with Crippen molar-refractivity contribution in [3.8, 4) is 0 Å². The SMILES string of the molecule is CCC(CSC)n1c(CCl)nc2ccc(F)c(F)c21. The summed E-state index contributed by atoms with van der Waals surface area (Å²) in [6.07, 6.45) is 2.80. The molecule has 0 bridgehead atoms. The maximum atomic E-state index is 14.1. The van der Waals surface area contributed by atoms with Crippen LogP contribution in [-0.4, -0.2) is 21.6 Å². The van der Waals surface area contributed by atoms with E-state index in [-0.39, 0.29) is 17.4 Å². The van der Waals surface area contributed by atoms with E-state index >= 15 is 0 Å². The van der Waals surface area contributed by atoms with Crippen LogP contribution in [0.4, 0.5) is 8.78 Å². The molecule has 0 fully saturated rings. The van der Waals surface area contributed by atoms with E-state index < -0.39 is 11.6 Å². The van der Waals surface area contributed by atoms with Crippen molar-refractivity contribution in [2.45, 2.75) is 25.3 Å². The lowest BCUT2D eigenvalue weighted by Crippen LogP contribution is -2.14. The lowest BCUT2D eigenvalue weighted by molar-refractivity contribution is 0.494. The summed E-state index contributed by atoms with van der Waals surface area (Å²) in [7, 11) is 0. The zero-order chi connectivity index (χ0) is 14.0. The first-order valence-electron chi connectivity index (χ1n) is 6.03. The van der Waals surface area contributed by atoms with Gasteiger partial charge in [0.2, 0.25) is 0 Å². The standard InChI is InChI=1S/C13H15ClF2N2S/c1-3-8(7-19-2)18-11(6-14)17-10-5-4-9(15)12(16)13(10)18/h4-5,8H,3,6-7H2,1-2H3. The first-order chi connectivity index (χ1) is 9.13. The molecule has 1 atom stereocenters. The predicted molar refractivity (Wildman–Crippen MR) is 76.9 cm³/mol. The van der Waals surface area contributed by atoms with Gasteiger partial charge in [-0.15, -0.1) is 11.6 Å². The molecule has 2 nitrogen and oxygen atoms in total. The smallest absolute Gasteiger partial charge is 0.184 e. The summed E-state index contributed by atoms with van der Waals surface area (Å²) >= 11 is 7.55. The molecule has 2 rings (SSSR count). The number of fused-ring (bicyclic) bond motifs is 1. The molecule has 1 heterocycles. The van der Waals surface area contributed by atoms with Gasteiger partial charge in [-0.25, -0.2) is 13.8 Å².